The lowest BCUT2D eigenvalue weighted by molar-refractivity contribution is -0.126. The zero-order valence-corrected chi connectivity index (χ0v) is 22.6. The molecular weight excluding hydrogens is 518 g/mol. The van der Waals surface area contributed by atoms with E-state index in [0.717, 1.165) is 17.9 Å². The van der Waals surface area contributed by atoms with E-state index in [2.05, 4.69) is 22.3 Å². The number of carbonyl (C=O) groups is 1. The number of primary amides is 1. The van der Waals surface area contributed by atoms with Crippen molar-refractivity contribution in [2.45, 2.75) is 64.0 Å². The Labute approximate surface area is 223 Å². The SMILES string of the molecule is CN1CCC(Nc2cccc3c(CC(F)(F)F)c(C#CCn4cc(C(N)=O)c(C(C)(C)C)n4)sc23)C(F)C1. The van der Waals surface area contributed by atoms with Crippen LogP contribution in [0.25, 0.3) is 10.1 Å². The monoisotopic (exact) mass is 549 g/mol. The van der Waals surface area contributed by atoms with E-state index < -0.39 is 36.1 Å². The van der Waals surface area contributed by atoms with Crippen LogP contribution in [0.3, 0.4) is 0 Å². The van der Waals surface area contributed by atoms with Gasteiger partial charge in [-0.1, -0.05) is 44.7 Å². The van der Waals surface area contributed by atoms with Gasteiger partial charge in [0.1, 0.15) is 12.7 Å². The number of fused-ring (bicyclic) bond motifs is 1. The van der Waals surface area contributed by atoms with Crippen molar-refractivity contribution in [2.24, 2.45) is 5.73 Å². The normalized spacial score (nSPS) is 18.8. The lowest BCUT2D eigenvalue weighted by Crippen LogP contribution is -2.46. The number of amides is 1. The van der Waals surface area contributed by atoms with E-state index in [9.17, 15) is 22.4 Å². The van der Waals surface area contributed by atoms with Gasteiger partial charge in [-0.3, -0.25) is 9.48 Å². The molecule has 4 rings (SSSR count). The number of aromatic nitrogens is 2. The molecule has 3 aromatic rings. The van der Waals surface area contributed by atoms with Crippen molar-refractivity contribution < 1.29 is 22.4 Å². The third kappa shape index (κ3) is 6.30. The number of hydrogen-bond donors (Lipinski definition) is 2. The van der Waals surface area contributed by atoms with Crippen LogP contribution in [0.4, 0.5) is 23.2 Å². The zero-order valence-electron chi connectivity index (χ0n) is 21.7. The van der Waals surface area contributed by atoms with Crippen molar-refractivity contribution in [1.82, 2.24) is 14.7 Å². The maximum absolute atomic E-state index is 14.7. The van der Waals surface area contributed by atoms with Gasteiger partial charge >= 0.3 is 6.18 Å². The first kappa shape index (κ1) is 27.9. The third-order valence-electron chi connectivity index (χ3n) is 6.46. The van der Waals surface area contributed by atoms with Crippen molar-refractivity contribution in [2.75, 3.05) is 25.5 Å². The van der Waals surface area contributed by atoms with Gasteiger partial charge in [0.05, 0.1) is 39.0 Å². The molecule has 2 aromatic heterocycles. The molecule has 6 nitrogen and oxygen atoms in total. The number of hydrogen-bond acceptors (Lipinski definition) is 5. The van der Waals surface area contributed by atoms with Gasteiger partial charge in [0, 0.05) is 24.7 Å². The van der Waals surface area contributed by atoms with E-state index in [1.54, 1.807) is 18.2 Å². The van der Waals surface area contributed by atoms with Crippen LogP contribution in [0.2, 0.25) is 0 Å². The van der Waals surface area contributed by atoms with Crippen LogP contribution in [0, 0.1) is 11.8 Å². The van der Waals surface area contributed by atoms with Gasteiger partial charge < -0.3 is 16.0 Å². The summed E-state index contributed by atoms with van der Waals surface area (Å²) in [6.07, 6.45) is -4.53. The summed E-state index contributed by atoms with van der Waals surface area (Å²) in [5.74, 6) is 5.20. The second kappa shape index (κ2) is 10.6. The molecule has 0 bridgehead atoms. The maximum atomic E-state index is 14.7. The predicted octanol–water partition coefficient (Wildman–Crippen LogP) is 5.10. The number of carbonyl (C=O) groups excluding carboxylic acids is 1. The van der Waals surface area contributed by atoms with Crippen LogP contribution in [0.1, 0.15) is 53.7 Å². The summed E-state index contributed by atoms with van der Waals surface area (Å²) in [7, 11) is 1.86. The molecule has 1 aliphatic rings. The number of thiophene rings is 1. The number of piperidine rings is 1. The molecule has 3 heterocycles. The van der Waals surface area contributed by atoms with Crippen molar-refractivity contribution in [3.8, 4) is 11.8 Å². The molecule has 0 spiro atoms. The Morgan fingerprint density at radius 3 is 2.63 bits per heavy atom. The Kier molecular flexibility index (Phi) is 7.77. The highest BCUT2D eigenvalue weighted by atomic mass is 32.1. The fourth-order valence-electron chi connectivity index (χ4n) is 4.62. The number of rotatable bonds is 5. The summed E-state index contributed by atoms with van der Waals surface area (Å²) < 4.78 is 57.4. The first-order chi connectivity index (χ1) is 17.7. The molecule has 1 aliphatic heterocycles. The predicted molar refractivity (Wildman–Crippen MR) is 142 cm³/mol. The minimum absolute atomic E-state index is 0.0697. The van der Waals surface area contributed by atoms with Gasteiger partial charge in [0.2, 0.25) is 0 Å². The fourth-order valence-corrected chi connectivity index (χ4v) is 5.79. The molecule has 2 atom stereocenters. The lowest BCUT2D eigenvalue weighted by atomic mass is 9.89. The van der Waals surface area contributed by atoms with Crippen LogP contribution in [0.15, 0.2) is 24.4 Å². The highest BCUT2D eigenvalue weighted by molar-refractivity contribution is 7.20. The molecule has 3 N–H and O–H groups in total. The second-order valence-electron chi connectivity index (χ2n) is 10.7. The molecule has 1 saturated heterocycles. The van der Waals surface area contributed by atoms with Gasteiger partial charge in [0.15, 0.2) is 0 Å². The molecule has 204 valence electrons. The number of alkyl halides is 4. The van der Waals surface area contributed by atoms with E-state index in [0.29, 0.717) is 39.3 Å². The number of benzene rings is 1. The van der Waals surface area contributed by atoms with Crippen LogP contribution >= 0.6 is 11.3 Å². The summed E-state index contributed by atoms with van der Waals surface area (Å²) in [6, 6.07) is 4.67. The summed E-state index contributed by atoms with van der Waals surface area (Å²) in [5, 5.41) is 8.13. The molecule has 1 aromatic carbocycles. The van der Waals surface area contributed by atoms with Crippen LogP contribution in [-0.2, 0) is 18.4 Å². The van der Waals surface area contributed by atoms with Crippen molar-refractivity contribution >= 4 is 33.0 Å². The first-order valence-electron chi connectivity index (χ1n) is 12.3. The van der Waals surface area contributed by atoms with Gasteiger partial charge in [-0.25, -0.2) is 4.39 Å². The van der Waals surface area contributed by atoms with Gasteiger partial charge in [-0.05, 0) is 30.5 Å². The van der Waals surface area contributed by atoms with Gasteiger partial charge in [0.25, 0.3) is 5.91 Å². The van der Waals surface area contributed by atoms with E-state index >= 15 is 0 Å². The highest BCUT2D eigenvalue weighted by Gasteiger charge is 2.32. The molecule has 0 radical (unpaired) electrons. The second-order valence-corrected chi connectivity index (χ2v) is 11.7. The molecule has 2 unspecified atom stereocenters. The topological polar surface area (TPSA) is 76.2 Å². The van der Waals surface area contributed by atoms with Crippen molar-refractivity contribution in [3.05, 3.63) is 46.1 Å². The summed E-state index contributed by atoms with van der Waals surface area (Å²) >= 11 is 1.16. The summed E-state index contributed by atoms with van der Waals surface area (Å²) in [4.78, 5) is 14.1. The number of nitrogens with two attached hydrogens (primary N) is 1. The summed E-state index contributed by atoms with van der Waals surface area (Å²) in [6.45, 7) is 6.81. The molecule has 38 heavy (non-hydrogen) atoms. The average Bonchev–Trinajstić information content (AvgIpc) is 3.38. The van der Waals surface area contributed by atoms with Crippen molar-refractivity contribution in [3.63, 3.8) is 0 Å². The zero-order chi connectivity index (χ0) is 27.8. The molecule has 1 amide bonds. The molecule has 1 fully saturated rings. The van der Waals surface area contributed by atoms with E-state index in [1.165, 1.54) is 10.9 Å². The van der Waals surface area contributed by atoms with E-state index in [-0.39, 0.29) is 17.7 Å². The van der Waals surface area contributed by atoms with E-state index in [4.69, 9.17) is 5.73 Å². The average molecular weight is 550 g/mol. The van der Waals surface area contributed by atoms with Crippen LogP contribution in [0.5, 0.6) is 0 Å². The number of halogens is 4. The molecule has 0 saturated carbocycles. The Hall–Kier alpha value is -3.10. The van der Waals surface area contributed by atoms with E-state index in [1.807, 2.05) is 32.7 Å². The van der Waals surface area contributed by atoms with Crippen LogP contribution < -0.4 is 11.1 Å². The smallest absolute Gasteiger partial charge is 0.378 e. The Bertz CT molecular complexity index is 1390. The van der Waals surface area contributed by atoms with Crippen LogP contribution in [-0.4, -0.2) is 59.1 Å². The molecular formula is C27H31F4N5OS. The van der Waals surface area contributed by atoms with Gasteiger partial charge in [-0.2, -0.15) is 18.3 Å². The molecule has 11 heteroatoms. The highest BCUT2D eigenvalue weighted by Crippen LogP contribution is 2.39. The molecule has 0 aliphatic carbocycles. The number of likely N-dealkylation sites (tertiary alicyclic amines) is 1. The minimum Gasteiger partial charge on any atom is -0.378 e. The number of nitrogens with one attached hydrogen (secondary N) is 1. The Balaban J connectivity index is 1.68. The fraction of sp³-hybridized carbons (Fsp3) is 0.481. The van der Waals surface area contributed by atoms with Gasteiger partial charge in [-0.15, -0.1) is 11.3 Å². The minimum atomic E-state index is -4.42. The largest absolute Gasteiger partial charge is 0.393 e. The van der Waals surface area contributed by atoms with Crippen molar-refractivity contribution in [1.29, 1.82) is 0 Å². The Morgan fingerprint density at radius 1 is 1.29 bits per heavy atom. The lowest BCUT2D eigenvalue weighted by Gasteiger charge is -2.33. The standard InChI is InChI=1S/C27H31F4N5OS/c1-26(2,3)24-18(25(32)37)14-36(34-24)11-6-9-22-17(13-27(29,30)31)16-7-5-8-21(23(16)38-22)33-20-10-12-35(4)15-19(20)28/h5,7-8,14,19-20,33H,10-13,15H2,1-4H3,(H2,32,37). The Morgan fingerprint density at radius 2 is 2.03 bits per heavy atom. The third-order valence-corrected chi connectivity index (χ3v) is 7.66. The maximum Gasteiger partial charge on any atom is 0.393 e. The summed E-state index contributed by atoms with van der Waals surface area (Å²) in [5.41, 5.74) is 6.59. The number of anilines is 1. The first-order valence-corrected chi connectivity index (χ1v) is 13.1. The number of nitrogens with zero attached hydrogens (tertiary/aromatic N) is 3. The quantitative estimate of drug-likeness (QED) is 0.343.